The summed E-state index contributed by atoms with van der Waals surface area (Å²) >= 11 is 5.79. The molecule has 0 aromatic heterocycles. The van der Waals surface area contributed by atoms with Gasteiger partial charge in [-0.05, 0) is 30.7 Å². The smallest absolute Gasteiger partial charge is 0.258 e. The number of aliphatic imine (C=N–C) groups is 1. The van der Waals surface area contributed by atoms with Crippen LogP contribution >= 0.6 is 11.6 Å². The van der Waals surface area contributed by atoms with Gasteiger partial charge in [0, 0.05) is 17.3 Å². The van der Waals surface area contributed by atoms with Gasteiger partial charge >= 0.3 is 0 Å². The molecule has 0 heterocycles. The van der Waals surface area contributed by atoms with E-state index in [9.17, 15) is 10.1 Å². The zero-order valence-electron chi connectivity index (χ0n) is 10.2. The predicted octanol–water partition coefficient (Wildman–Crippen LogP) is 4.31. The summed E-state index contributed by atoms with van der Waals surface area (Å²) in [5.74, 6) is 0. The summed E-state index contributed by atoms with van der Waals surface area (Å²) in [5, 5.41) is 11.5. The monoisotopic (exact) mass is 274 g/mol. The molecule has 5 heteroatoms. The van der Waals surface area contributed by atoms with Crippen LogP contribution in [0.3, 0.4) is 0 Å². The summed E-state index contributed by atoms with van der Waals surface area (Å²) in [6, 6.07) is 12.0. The van der Waals surface area contributed by atoms with Crippen LogP contribution in [0.25, 0.3) is 0 Å². The maximum atomic E-state index is 10.8. The molecule has 2 rings (SSSR count). The van der Waals surface area contributed by atoms with E-state index >= 15 is 0 Å². The molecule has 2 aromatic rings. The molecule has 0 radical (unpaired) electrons. The van der Waals surface area contributed by atoms with Crippen molar-refractivity contribution in [2.24, 2.45) is 4.99 Å². The molecule has 2 aromatic carbocycles. The van der Waals surface area contributed by atoms with Gasteiger partial charge in [0.25, 0.3) is 5.69 Å². The Morgan fingerprint density at radius 3 is 2.53 bits per heavy atom. The quantitative estimate of drug-likeness (QED) is 0.476. The summed E-state index contributed by atoms with van der Waals surface area (Å²) in [7, 11) is 0. The second-order valence-electron chi connectivity index (χ2n) is 3.99. The molecule has 0 fully saturated rings. The van der Waals surface area contributed by atoms with Crippen molar-refractivity contribution in [1.29, 1.82) is 0 Å². The number of nitro benzene ring substituents is 1. The molecule has 0 unspecified atom stereocenters. The van der Waals surface area contributed by atoms with E-state index in [1.54, 1.807) is 37.4 Å². The SMILES string of the molecule is Cc1c(N=Cc2ccc(Cl)cc2)cccc1[N+](=O)[O-]. The van der Waals surface area contributed by atoms with Crippen LogP contribution in [0.15, 0.2) is 47.5 Å². The third kappa shape index (κ3) is 3.17. The normalized spacial score (nSPS) is 10.8. The van der Waals surface area contributed by atoms with E-state index in [0.29, 0.717) is 16.3 Å². The molecule has 0 aliphatic carbocycles. The van der Waals surface area contributed by atoms with E-state index < -0.39 is 4.92 Å². The first-order valence-corrected chi connectivity index (χ1v) is 5.99. The Kier molecular flexibility index (Phi) is 3.92. The lowest BCUT2D eigenvalue weighted by Gasteiger charge is -2.00. The first-order valence-electron chi connectivity index (χ1n) is 5.61. The summed E-state index contributed by atoms with van der Waals surface area (Å²) < 4.78 is 0. The molecular weight excluding hydrogens is 264 g/mol. The molecule has 0 bridgehead atoms. The number of rotatable bonds is 3. The maximum absolute atomic E-state index is 10.8. The molecule has 19 heavy (non-hydrogen) atoms. The van der Waals surface area contributed by atoms with Gasteiger partial charge in [-0.3, -0.25) is 15.1 Å². The number of nitro groups is 1. The molecule has 0 atom stereocenters. The fourth-order valence-electron chi connectivity index (χ4n) is 1.64. The van der Waals surface area contributed by atoms with Crippen LogP contribution in [0, 0.1) is 17.0 Å². The van der Waals surface area contributed by atoms with Crippen LogP contribution < -0.4 is 0 Å². The first kappa shape index (κ1) is 13.2. The molecule has 0 spiro atoms. The van der Waals surface area contributed by atoms with Crippen LogP contribution in [0.1, 0.15) is 11.1 Å². The summed E-state index contributed by atoms with van der Waals surface area (Å²) in [5.41, 5.74) is 2.10. The highest BCUT2D eigenvalue weighted by molar-refractivity contribution is 6.30. The van der Waals surface area contributed by atoms with Crippen molar-refractivity contribution in [2.75, 3.05) is 0 Å². The predicted molar refractivity (Wildman–Crippen MR) is 76.5 cm³/mol. The molecule has 96 valence electrons. The zero-order valence-corrected chi connectivity index (χ0v) is 11.0. The Morgan fingerprint density at radius 2 is 1.89 bits per heavy atom. The van der Waals surface area contributed by atoms with E-state index in [4.69, 9.17) is 11.6 Å². The Hall–Kier alpha value is -2.20. The topological polar surface area (TPSA) is 55.5 Å². The average molecular weight is 275 g/mol. The standard InChI is InChI=1S/C14H11ClN2O2/c1-10-13(3-2-4-14(10)17(18)19)16-9-11-5-7-12(15)8-6-11/h2-9H,1H3. The zero-order chi connectivity index (χ0) is 13.8. The molecule has 0 N–H and O–H groups in total. The second kappa shape index (κ2) is 5.63. The van der Waals surface area contributed by atoms with Crippen LogP contribution in [0.2, 0.25) is 5.02 Å². The van der Waals surface area contributed by atoms with Crippen LogP contribution in [-0.4, -0.2) is 11.1 Å². The van der Waals surface area contributed by atoms with Crippen molar-refractivity contribution in [2.45, 2.75) is 6.92 Å². The van der Waals surface area contributed by atoms with Gasteiger partial charge in [0.15, 0.2) is 0 Å². The first-order chi connectivity index (χ1) is 9.08. The molecule has 0 aliphatic heterocycles. The Balaban J connectivity index is 2.31. The largest absolute Gasteiger partial charge is 0.274 e. The van der Waals surface area contributed by atoms with E-state index in [1.807, 2.05) is 12.1 Å². The fraction of sp³-hybridized carbons (Fsp3) is 0.0714. The number of halogens is 1. The minimum atomic E-state index is -0.406. The summed E-state index contributed by atoms with van der Waals surface area (Å²) in [4.78, 5) is 14.7. The highest BCUT2D eigenvalue weighted by Gasteiger charge is 2.12. The Morgan fingerprint density at radius 1 is 1.21 bits per heavy atom. The highest BCUT2D eigenvalue weighted by Crippen LogP contribution is 2.27. The number of nitrogens with zero attached hydrogens (tertiary/aromatic N) is 2. The third-order valence-electron chi connectivity index (χ3n) is 2.70. The van der Waals surface area contributed by atoms with Gasteiger partial charge in [-0.1, -0.05) is 29.8 Å². The molecular formula is C14H11ClN2O2. The van der Waals surface area contributed by atoms with Crippen LogP contribution in [0.5, 0.6) is 0 Å². The summed E-state index contributed by atoms with van der Waals surface area (Å²) in [6.07, 6.45) is 1.66. The lowest BCUT2D eigenvalue weighted by Crippen LogP contribution is -1.91. The minimum Gasteiger partial charge on any atom is -0.258 e. The van der Waals surface area contributed by atoms with E-state index in [1.165, 1.54) is 6.07 Å². The van der Waals surface area contributed by atoms with Gasteiger partial charge in [-0.2, -0.15) is 0 Å². The van der Waals surface area contributed by atoms with Gasteiger partial charge in [-0.25, -0.2) is 0 Å². The van der Waals surface area contributed by atoms with Gasteiger partial charge in [-0.15, -0.1) is 0 Å². The van der Waals surface area contributed by atoms with E-state index in [-0.39, 0.29) is 5.69 Å². The van der Waals surface area contributed by atoms with Crippen LogP contribution in [0.4, 0.5) is 11.4 Å². The van der Waals surface area contributed by atoms with Crippen molar-refractivity contribution < 1.29 is 4.92 Å². The fourth-order valence-corrected chi connectivity index (χ4v) is 1.77. The lowest BCUT2D eigenvalue weighted by molar-refractivity contribution is -0.385. The molecule has 0 amide bonds. The highest BCUT2D eigenvalue weighted by atomic mass is 35.5. The molecule has 0 saturated carbocycles. The van der Waals surface area contributed by atoms with Crippen molar-refractivity contribution in [1.82, 2.24) is 0 Å². The number of hydrogen-bond acceptors (Lipinski definition) is 3. The lowest BCUT2D eigenvalue weighted by atomic mass is 10.1. The second-order valence-corrected chi connectivity index (χ2v) is 4.42. The third-order valence-corrected chi connectivity index (χ3v) is 2.95. The van der Waals surface area contributed by atoms with E-state index in [0.717, 1.165) is 5.56 Å². The van der Waals surface area contributed by atoms with Crippen molar-refractivity contribution in [3.8, 4) is 0 Å². The molecule has 0 saturated heterocycles. The Bertz CT molecular complexity index is 636. The minimum absolute atomic E-state index is 0.0748. The van der Waals surface area contributed by atoms with E-state index in [2.05, 4.69) is 4.99 Å². The van der Waals surface area contributed by atoms with Crippen LogP contribution in [-0.2, 0) is 0 Å². The van der Waals surface area contributed by atoms with Crippen molar-refractivity contribution in [3.05, 3.63) is 68.7 Å². The molecule has 4 nitrogen and oxygen atoms in total. The van der Waals surface area contributed by atoms with Gasteiger partial charge in [0.2, 0.25) is 0 Å². The maximum Gasteiger partial charge on any atom is 0.274 e. The molecule has 0 aliphatic rings. The van der Waals surface area contributed by atoms with Gasteiger partial charge < -0.3 is 0 Å². The van der Waals surface area contributed by atoms with Gasteiger partial charge in [0.05, 0.1) is 16.2 Å². The number of hydrogen-bond donors (Lipinski definition) is 0. The Labute approximate surface area is 115 Å². The van der Waals surface area contributed by atoms with Crippen molar-refractivity contribution >= 4 is 29.2 Å². The van der Waals surface area contributed by atoms with Gasteiger partial charge in [0.1, 0.15) is 0 Å². The average Bonchev–Trinajstić information content (AvgIpc) is 2.39. The summed E-state index contributed by atoms with van der Waals surface area (Å²) in [6.45, 7) is 1.69. The van der Waals surface area contributed by atoms with Crippen molar-refractivity contribution in [3.63, 3.8) is 0 Å². The number of benzene rings is 2.